The third-order valence-electron chi connectivity index (χ3n) is 4.37. The third-order valence-corrected chi connectivity index (χ3v) is 4.37. The topological polar surface area (TPSA) is 38.8 Å². The fourth-order valence-electron chi connectivity index (χ4n) is 2.87. The van der Waals surface area contributed by atoms with E-state index >= 15 is 0 Å². The Balaban J connectivity index is 1.56. The van der Waals surface area contributed by atoms with Crippen molar-refractivity contribution in [3.05, 3.63) is 59.7 Å². The van der Waals surface area contributed by atoms with Crippen LogP contribution >= 0.6 is 0 Å². The molecule has 0 bridgehead atoms. The van der Waals surface area contributed by atoms with E-state index in [1.165, 1.54) is 0 Å². The summed E-state index contributed by atoms with van der Waals surface area (Å²) in [6.07, 6.45) is 1.26. The molecule has 0 amide bonds. The number of carbonyl (C=O) groups is 1. The van der Waals surface area contributed by atoms with E-state index in [1.54, 1.807) is 7.11 Å². The highest BCUT2D eigenvalue weighted by atomic mass is 16.5. The molecular formula is C20H23NO3. The molecule has 1 aliphatic heterocycles. The van der Waals surface area contributed by atoms with Gasteiger partial charge in [-0.05, 0) is 48.4 Å². The molecule has 1 heterocycles. The van der Waals surface area contributed by atoms with Gasteiger partial charge in [0, 0.05) is 30.8 Å². The molecule has 1 saturated heterocycles. The lowest BCUT2D eigenvalue weighted by Crippen LogP contribution is -2.36. The second kappa shape index (κ2) is 7.97. The van der Waals surface area contributed by atoms with Gasteiger partial charge < -0.3 is 14.4 Å². The van der Waals surface area contributed by atoms with E-state index in [1.807, 2.05) is 48.5 Å². The van der Waals surface area contributed by atoms with Crippen LogP contribution in [0.2, 0.25) is 0 Å². The normalized spacial score (nSPS) is 14.5. The highest BCUT2D eigenvalue weighted by Gasteiger charge is 2.12. The van der Waals surface area contributed by atoms with Crippen molar-refractivity contribution in [2.45, 2.75) is 12.8 Å². The van der Waals surface area contributed by atoms with Crippen LogP contribution in [-0.2, 0) is 11.2 Å². The molecular weight excluding hydrogens is 302 g/mol. The van der Waals surface area contributed by atoms with Gasteiger partial charge in [0.15, 0.2) is 5.78 Å². The maximum atomic E-state index is 12.4. The number of Topliss-reactive ketones (excluding diaryl/α,β-unsaturated/α-hetero) is 1. The summed E-state index contributed by atoms with van der Waals surface area (Å²) in [5.41, 5.74) is 3.08. The Kier molecular flexibility index (Phi) is 5.49. The van der Waals surface area contributed by atoms with Gasteiger partial charge in [-0.15, -0.1) is 0 Å². The second-order valence-corrected chi connectivity index (χ2v) is 5.92. The molecule has 4 heteroatoms. The number of nitrogens with zero attached hydrogens (tertiary/aromatic N) is 1. The fraction of sp³-hybridized carbons (Fsp3) is 0.350. The minimum absolute atomic E-state index is 0.180. The lowest BCUT2D eigenvalue weighted by molar-refractivity contribution is 0.0982. The zero-order valence-electron chi connectivity index (χ0n) is 14.0. The smallest absolute Gasteiger partial charge is 0.163 e. The van der Waals surface area contributed by atoms with E-state index in [9.17, 15) is 4.79 Å². The largest absolute Gasteiger partial charge is 0.497 e. The van der Waals surface area contributed by atoms with Crippen molar-refractivity contribution < 1.29 is 14.3 Å². The molecule has 1 fully saturated rings. The number of aryl methyl sites for hydroxylation is 1. The molecule has 0 radical (unpaired) electrons. The first-order valence-electron chi connectivity index (χ1n) is 8.35. The van der Waals surface area contributed by atoms with Crippen molar-refractivity contribution >= 4 is 11.5 Å². The molecule has 0 spiro atoms. The van der Waals surface area contributed by atoms with Crippen LogP contribution in [0.5, 0.6) is 5.75 Å². The number of hydrogen-bond acceptors (Lipinski definition) is 4. The third kappa shape index (κ3) is 4.15. The second-order valence-electron chi connectivity index (χ2n) is 5.92. The number of morpholine rings is 1. The number of anilines is 1. The average molecular weight is 325 g/mol. The maximum Gasteiger partial charge on any atom is 0.163 e. The predicted octanol–water partition coefficient (Wildman–Crippen LogP) is 3.35. The molecule has 0 aliphatic carbocycles. The van der Waals surface area contributed by atoms with Gasteiger partial charge in [0.25, 0.3) is 0 Å². The molecule has 126 valence electrons. The predicted molar refractivity (Wildman–Crippen MR) is 95.1 cm³/mol. The first-order valence-corrected chi connectivity index (χ1v) is 8.35. The summed E-state index contributed by atoms with van der Waals surface area (Å²) in [6, 6.07) is 15.8. The molecule has 0 atom stereocenters. The number of ketones is 1. The van der Waals surface area contributed by atoms with E-state index < -0.39 is 0 Å². The van der Waals surface area contributed by atoms with Crippen LogP contribution < -0.4 is 9.64 Å². The number of carbonyl (C=O) groups excluding carboxylic acids is 1. The Hall–Kier alpha value is -2.33. The summed E-state index contributed by atoms with van der Waals surface area (Å²) in [6.45, 7) is 3.35. The van der Waals surface area contributed by atoms with E-state index in [4.69, 9.17) is 9.47 Å². The van der Waals surface area contributed by atoms with Gasteiger partial charge in [-0.2, -0.15) is 0 Å². The van der Waals surface area contributed by atoms with E-state index in [0.29, 0.717) is 6.42 Å². The Morgan fingerprint density at radius 1 is 1.04 bits per heavy atom. The molecule has 0 N–H and O–H groups in total. The van der Waals surface area contributed by atoms with Gasteiger partial charge >= 0.3 is 0 Å². The van der Waals surface area contributed by atoms with Crippen molar-refractivity contribution in [2.75, 3.05) is 38.3 Å². The van der Waals surface area contributed by atoms with Gasteiger partial charge in [0.1, 0.15) is 5.75 Å². The van der Waals surface area contributed by atoms with E-state index in [2.05, 4.69) is 4.90 Å². The zero-order valence-corrected chi connectivity index (χ0v) is 14.0. The van der Waals surface area contributed by atoms with Crippen molar-refractivity contribution in [1.29, 1.82) is 0 Å². The first kappa shape index (κ1) is 16.5. The van der Waals surface area contributed by atoms with E-state index in [-0.39, 0.29) is 5.78 Å². The zero-order chi connectivity index (χ0) is 16.8. The summed E-state index contributed by atoms with van der Waals surface area (Å²) >= 11 is 0. The molecule has 24 heavy (non-hydrogen) atoms. The highest BCUT2D eigenvalue weighted by Crippen LogP contribution is 2.18. The van der Waals surface area contributed by atoms with Crippen molar-refractivity contribution in [1.82, 2.24) is 0 Å². The minimum atomic E-state index is 0.180. The van der Waals surface area contributed by atoms with Crippen LogP contribution in [-0.4, -0.2) is 39.2 Å². The number of methoxy groups -OCH3 is 1. The fourth-order valence-corrected chi connectivity index (χ4v) is 2.87. The standard InChI is InChI=1S/C20H23NO3/c1-23-19-9-2-16(3-10-19)4-11-20(22)17-5-7-18(8-6-17)21-12-14-24-15-13-21/h2-3,5-10H,4,11-15H2,1H3. The van der Waals surface area contributed by atoms with Crippen LogP contribution in [0.3, 0.4) is 0 Å². The summed E-state index contributed by atoms with van der Waals surface area (Å²) < 4.78 is 10.5. The molecule has 2 aromatic carbocycles. The Bertz CT molecular complexity index is 658. The average Bonchev–Trinajstić information content (AvgIpc) is 2.67. The monoisotopic (exact) mass is 325 g/mol. The molecule has 0 saturated carbocycles. The SMILES string of the molecule is COc1ccc(CCC(=O)c2ccc(N3CCOCC3)cc2)cc1. The highest BCUT2D eigenvalue weighted by molar-refractivity contribution is 5.96. The van der Waals surface area contributed by atoms with E-state index in [0.717, 1.165) is 55.3 Å². The van der Waals surface area contributed by atoms with Crippen LogP contribution in [0, 0.1) is 0 Å². The first-order chi connectivity index (χ1) is 11.8. The molecule has 2 aromatic rings. The Morgan fingerprint density at radius 2 is 1.71 bits per heavy atom. The Morgan fingerprint density at radius 3 is 2.33 bits per heavy atom. The maximum absolute atomic E-state index is 12.4. The van der Waals surface area contributed by atoms with Gasteiger partial charge in [0.05, 0.1) is 20.3 Å². The number of hydrogen-bond donors (Lipinski definition) is 0. The quantitative estimate of drug-likeness (QED) is 0.764. The molecule has 3 rings (SSSR count). The summed E-state index contributed by atoms with van der Waals surface area (Å²) in [7, 11) is 1.65. The molecule has 4 nitrogen and oxygen atoms in total. The lowest BCUT2D eigenvalue weighted by Gasteiger charge is -2.28. The van der Waals surface area contributed by atoms with Crippen molar-refractivity contribution in [2.24, 2.45) is 0 Å². The van der Waals surface area contributed by atoms with Gasteiger partial charge in [-0.25, -0.2) is 0 Å². The molecule has 0 aromatic heterocycles. The van der Waals surface area contributed by atoms with Crippen LogP contribution in [0.25, 0.3) is 0 Å². The van der Waals surface area contributed by atoms with Gasteiger partial charge in [-0.1, -0.05) is 12.1 Å². The van der Waals surface area contributed by atoms with Crippen LogP contribution in [0.15, 0.2) is 48.5 Å². The van der Waals surface area contributed by atoms with Crippen LogP contribution in [0.1, 0.15) is 22.3 Å². The number of benzene rings is 2. The van der Waals surface area contributed by atoms with Gasteiger partial charge in [-0.3, -0.25) is 4.79 Å². The van der Waals surface area contributed by atoms with Crippen molar-refractivity contribution in [3.8, 4) is 5.75 Å². The summed E-state index contributed by atoms with van der Waals surface area (Å²) in [4.78, 5) is 14.7. The van der Waals surface area contributed by atoms with Gasteiger partial charge in [0.2, 0.25) is 0 Å². The Labute approximate surface area is 143 Å². The minimum Gasteiger partial charge on any atom is -0.497 e. The summed E-state index contributed by atoms with van der Waals surface area (Å²) in [5.74, 6) is 1.02. The summed E-state index contributed by atoms with van der Waals surface area (Å²) in [5, 5.41) is 0. The molecule has 0 unspecified atom stereocenters. The number of rotatable bonds is 6. The van der Waals surface area contributed by atoms with Crippen LogP contribution in [0.4, 0.5) is 5.69 Å². The lowest BCUT2D eigenvalue weighted by atomic mass is 10.0. The van der Waals surface area contributed by atoms with Crippen molar-refractivity contribution in [3.63, 3.8) is 0 Å². The molecule has 1 aliphatic rings. The number of ether oxygens (including phenoxy) is 2.